The minimum atomic E-state index is 0.354. The van der Waals surface area contributed by atoms with Gasteiger partial charge in [0, 0.05) is 18.6 Å². The summed E-state index contributed by atoms with van der Waals surface area (Å²) < 4.78 is 5.61. The molecule has 1 N–H and O–H groups in total. The first-order valence-electron chi connectivity index (χ1n) is 7.18. The molecule has 0 aromatic heterocycles. The smallest absolute Gasteiger partial charge is 0.119 e. The fourth-order valence-corrected chi connectivity index (χ4v) is 1.88. The van der Waals surface area contributed by atoms with Crippen LogP contribution >= 0.6 is 0 Å². The highest BCUT2D eigenvalue weighted by Gasteiger charge is 2.13. The largest absolute Gasteiger partial charge is 0.494 e. The highest BCUT2D eigenvalue weighted by molar-refractivity contribution is 5.29. The van der Waals surface area contributed by atoms with Crippen molar-refractivity contribution in [3.8, 4) is 5.75 Å². The number of likely N-dealkylation sites (N-methyl/N-ethyl adjacent to an activating group) is 2. The summed E-state index contributed by atoms with van der Waals surface area (Å²) in [6.45, 7) is 8.34. The molecule has 1 unspecified atom stereocenters. The molecule has 0 aliphatic heterocycles. The fourth-order valence-electron chi connectivity index (χ4n) is 1.88. The lowest BCUT2D eigenvalue weighted by Gasteiger charge is -2.27. The van der Waals surface area contributed by atoms with Crippen molar-refractivity contribution in [2.45, 2.75) is 39.3 Å². The average Bonchev–Trinajstić information content (AvgIpc) is 2.42. The zero-order valence-electron chi connectivity index (χ0n) is 12.9. The summed E-state index contributed by atoms with van der Waals surface area (Å²) in [6.07, 6.45) is 1.04. The number of ether oxygens (including phenoxy) is 1. The molecule has 0 spiro atoms. The van der Waals surface area contributed by atoms with Gasteiger partial charge in [-0.25, -0.2) is 0 Å². The molecule has 1 aromatic rings. The van der Waals surface area contributed by atoms with E-state index in [2.05, 4.69) is 62.3 Å². The van der Waals surface area contributed by atoms with Gasteiger partial charge < -0.3 is 15.0 Å². The van der Waals surface area contributed by atoms with E-state index in [9.17, 15) is 0 Å². The van der Waals surface area contributed by atoms with Crippen molar-refractivity contribution in [2.75, 3.05) is 27.2 Å². The number of rotatable bonds is 8. The predicted octanol–water partition coefficient (Wildman–Crippen LogP) is 3.08. The third-order valence-corrected chi connectivity index (χ3v) is 3.46. The van der Waals surface area contributed by atoms with E-state index in [1.807, 2.05) is 7.05 Å². The van der Waals surface area contributed by atoms with E-state index in [0.29, 0.717) is 12.1 Å². The van der Waals surface area contributed by atoms with Crippen molar-refractivity contribution in [3.05, 3.63) is 29.8 Å². The molecule has 0 aliphatic rings. The lowest BCUT2D eigenvalue weighted by atomic mass is 10.1. The molecule has 19 heavy (non-hydrogen) atoms. The minimum absolute atomic E-state index is 0.354. The van der Waals surface area contributed by atoms with Gasteiger partial charge in [0.15, 0.2) is 0 Å². The van der Waals surface area contributed by atoms with E-state index in [0.717, 1.165) is 25.3 Å². The van der Waals surface area contributed by atoms with Gasteiger partial charge in [-0.15, -0.1) is 0 Å². The molecule has 108 valence electrons. The van der Waals surface area contributed by atoms with Gasteiger partial charge in [0.2, 0.25) is 0 Å². The Morgan fingerprint density at radius 1 is 1.21 bits per heavy atom. The molecule has 0 heterocycles. The first-order chi connectivity index (χ1) is 9.08. The predicted molar refractivity (Wildman–Crippen MR) is 81.8 cm³/mol. The second-order valence-corrected chi connectivity index (χ2v) is 5.29. The van der Waals surface area contributed by atoms with Crippen LogP contribution in [0.1, 0.15) is 38.8 Å². The van der Waals surface area contributed by atoms with Gasteiger partial charge in [0.25, 0.3) is 0 Å². The highest BCUT2D eigenvalue weighted by Crippen LogP contribution is 2.19. The summed E-state index contributed by atoms with van der Waals surface area (Å²) in [7, 11) is 4.17. The summed E-state index contributed by atoms with van der Waals surface area (Å²) in [5.41, 5.74) is 1.30. The summed E-state index contributed by atoms with van der Waals surface area (Å²) in [4.78, 5) is 2.35. The quantitative estimate of drug-likeness (QED) is 0.781. The summed E-state index contributed by atoms with van der Waals surface area (Å²) >= 11 is 0. The van der Waals surface area contributed by atoms with Crippen molar-refractivity contribution < 1.29 is 4.74 Å². The third kappa shape index (κ3) is 5.21. The zero-order valence-corrected chi connectivity index (χ0v) is 12.9. The topological polar surface area (TPSA) is 24.5 Å². The van der Waals surface area contributed by atoms with Crippen molar-refractivity contribution >= 4 is 0 Å². The molecule has 1 rings (SSSR count). The van der Waals surface area contributed by atoms with Crippen LogP contribution in [-0.4, -0.2) is 38.2 Å². The van der Waals surface area contributed by atoms with Gasteiger partial charge in [-0.3, -0.25) is 0 Å². The first-order valence-corrected chi connectivity index (χ1v) is 7.18. The molecule has 0 saturated carbocycles. The number of nitrogens with one attached hydrogen (secondary N) is 1. The van der Waals surface area contributed by atoms with Crippen LogP contribution in [-0.2, 0) is 0 Å². The summed E-state index contributed by atoms with van der Waals surface area (Å²) in [5, 5.41) is 3.38. The van der Waals surface area contributed by atoms with Crippen LogP contribution < -0.4 is 10.1 Å². The molecule has 0 radical (unpaired) electrons. The molecule has 0 fully saturated rings. The molecular weight excluding hydrogens is 236 g/mol. The van der Waals surface area contributed by atoms with E-state index < -0.39 is 0 Å². The Balaban J connectivity index is 2.65. The normalized spacial score (nSPS) is 13.0. The lowest BCUT2D eigenvalue weighted by Crippen LogP contribution is -2.35. The summed E-state index contributed by atoms with van der Waals surface area (Å²) in [5.74, 6) is 0.956. The lowest BCUT2D eigenvalue weighted by molar-refractivity contribution is 0.246. The second-order valence-electron chi connectivity index (χ2n) is 5.29. The molecule has 3 nitrogen and oxygen atoms in total. The van der Waals surface area contributed by atoms with Gasteiger partial charge in [0.1, 0.15) is 5.75 Å². The van der Waals surface area contributed by atoms with E-state index in [4.69, 9.17) is 4.74 Å². The van der Waals surface area contributed by atoms with Crippen molar-refractivity contribution in [3.63, 3.8) is 0 Å². The van der Waals surface area contributed by atoms with E-state index in [1.54, 1.807) is 0 Å². The Hall–Kier alpha value is -1.06. The van der Waals surface area contributed by atoms with Gasteiger partial charge in [-0.1, -0.05) is 19.1 Å². The Morgan fingerprint density at radius 3 is 2.32 bits per heavy atom. The van der Waals surface area contributed by atoms with Crippen LogP contribution in [0.2, 0.25) is 0 Å². The molecule has 0 bridgehead atoms. The molecule has 1 aromatic carbocycles. The van der Waals surface area contributed by atoms with E-state index in [-0.39, 0.29) is 0 Å². The highest BCUT2D eigenvalue weighted by atomic mass is 16.5. The zero-order chi connectivity index (χ0) is 14.3. The van der Waals surface area contributed by atoms with E-state index >= 15 is 0 Å². The Bertz CT molecular complexity index is 348. The number of benzene rings is 1. The van der Waals surface area contributed by atoms with Crippen LogP contribution in [0, 0.1) is 0 Å². The van der Waals surface area contributed by atoms with Gasteiger partial charge in [-0.05, 0) is 52.1 Å². The molecule has 0 amide bonds. The van der Waals surface area contributed by atoms with Crippen LogP contribution in [0.3, 0.4) is 0 Å². The first kappa shape index (κ1) is 16.0. The minimum Gasteiger partial charge on any atom is -0.494 e. The third-order valence-electron chi connectivity index (χ3n) is 3.46. The number of nitrogens with zero attached hydrogens (tertiary/aromatic N) is 1. The molecule has 1 atom stereocenters. The van der Waals surface area contributed by atoms with Crippen LogP contribution in [0.4, 0.5) is 0 Å². The van der Waals surface area contributed by atoms with Crippen LogP contribution in [0.15, 0.2) is 24.3 Å². The fraction of sp³-hybridized carbons (Fsp3) is 0.625. The van der Waals surface area contributed by atoms with Crippen molar-refractivity contribution in [1.82, 2.24) is 10.2 Å². The molecule has 3 heteroatoms. The maximum Gasteiger partial charge on any atom is 0.119 e. The van der Waals surface area contributed by atoms with Gasteiger partial charge in [0.05, 0.1) is 6.61 Å². The van der Waals surface area contributed by atoms with E-state index in [1.165, 1.54) is 5.56 Å². The van der Waals surface area contributed by atoms with Gasteiger partial charge >= 0.3 is 0 Å². The Morgan fingerprint density at radius 2 is 1.84 bits per heavy atom. The number of hydrogen-bond acceptors (Lipinski definition) is 3. The monoisotopic (exact) mass is 264 g/mol. The van der Waals surface area contributed by atoms with Gasteiger partial charge in [-0.2, -0.15) is 0 Å². The molecule has 0 saturated heterocycles. The average molecular weight is 264 g/mol. The Kier molecular flexibility index (Phi) is 6.89. The standard InChI is InChI=1S/C16H28N2O/c1-6-11-19-15-9-7-14(8-10-15)16(17-4)12-18(5)13(2)3/h7-10,13,16-17H,6,11-12H2,1-5H3. The maximum atomic E-state index is 5.61. The summed E-state index contributed by atoms with van der Waals surface area (Å²) in [6, 6.07) is 9.34. The molecule has 0 aliphatic carbocycles. The van der Waals surface area contributed by atoms with Crippen LogP contribution in [0.5, 0.6) is 5.75 Å². The number of hydrogen-bond donors (Lipinski definition) is 1. The maximum absolute atomic E-state index is 5.61. The Labute approximate surface area is 118 Å². The van der Waals surface area contributed by atoms with Crippen LogP contribution in [0.25, 0.3) is 0 Å². The van der Waals surface area contributed by atoms with Crippen molar-refractivity contribution in [1.29, 1.82) is 0 Å². The second kappa shape index (κ2) is 8.18. The van der Waals surface area contributed by atoms with Crippen molar-refractivity contribution in [2.24, 2.45) is 0 Å². The SMILES string of the molecule is CCCOc1ccc(C(CN(C)C(C)C)NC)cc1. The molecular formula is C16H28N2O.